The average Bonchev–Trinajstić information content (AvgIpc) is 2.59. The topological polar surface area (TPSA) is 67.4 Å². The number of ether oxygens (including phenoxy) is 1. The van der Waals surface area contributed by atoms with Gasteiger partial charge in [-0.3, -0.25) is 4.79 Å². The number of hydrogen-bond donors (Lipinski definition) is 1. The molecule has 1 fully saturated rings. The van der Waals surface area contributed by atoms with E-state index in [4.69, 9.17) is 4.74 Å². The molecule has 3 rings (SSSR count). The molecule has 0 radical (unpaired) electrons. The minimum atomic E-state index is -0.223. The van der Waals surface area contributed by atoms with E-state index in [-0.39, 0.29) is 5.91 Å². The van der Waals surface area contributed by atoms with Gasteiger partial charge in [-0.25, -0.2) is 9.97 Å². The van der Waals surface area contributed by atoms with Crippen LogP contribution in [0.4, 0.5) is 11.5 Å². The number of aromatic nitrogens is 2. The van der Waals surface area contributed by atoms with Gasteiger partial charge < -0.3 is 15.0 Å². The first-order valence-corrected chi connectivity index (χ1v) is 7.67. The molecule has 1 aliphatic heterocycles. The van der Waals surface area contributed by atoms with Crippen molar-refractivity contribution in [2.75, 3.05) is 36.5 Å². The lowest BCUT2D eigenvalue weighted by molar-refractivity contribution is 0.102. The van der Waals surface area contributed by atoms with Gasteiger partial charge in [0.15, 0.2) is 0 Å². The van der Waals surface area contributed by atoms with Crippen LogP contribution in [0.2, 0.25) is 0 Å². The van der Waals surface area contributed by atoms with E-state index in [9.17, 15) is 4.79 Å². The summed E-state index contributed by atoms with van der Waals surface area (Å²) in [4.78, 5) is 23.0. The van der Waals surface area contributed by atoms with Crippen molar-refractivity contribution in [3.63, 3.8) is 0 Å². The number of hydrogen-bond acceptors (Lipinski definition) is 5. The molecule has 1 saturated heterocycles. The number of aryl methyl sites for hydroxylation is 2. The van der Waals surface area contributed by atoms with E-state index < -0.39 is 0 Å². The molecule has 1 N–H and O–H groups in total. The van der Waals surface area contributed by atoms with Crippen LogP contribution in [0.1, 0.15) is 21.6 Å². The van der Waals surface area contributed by atoms with Crippen LogP contribution in [-0.2, 0) is 4.74 Å². The van der Waals surface area contributed by atoms with E-state index in [1.807, 2.05) is 32.0 Å². The largest absolute Gasteiger partial charge is 0.378 e. The molecule has 120 valence electrons. The minimum Gasteiger partial charge on any atom is -0.378 e. The van der Waals surface area contributed by atoms with E-state index in [0.29, 0.717) is 18.9 Å². The first-order chi connectivity index (χ1) is 11.1. The Morgan fingerprint density at radius 1 is 1.17 bits per heavy atom. The summed E-state index contributed by atoms with van der Waals surface area (Å²) in [5.41, 5.74) is 3.26. The monoisotopic (exact) mass is 312 g/mol. The first kappa shape index (κ1) is 15.4. The maximum atomic E-state index is 12.5. The van der Waals surface area contributed by atoms with Gasteiger partial charge >= 0.3 is 0 Å². The summed E-state index contributed by atoms with van der Waals surface area (Å²) in [6.45, 7) is 6.84. The minimum absolute atomic E-state index is 0.223. The van der Waals surface area contributed by atoms with Gasteiger partial charge in [-0.2, -0.15) is 0 Å². The number of carbonyl (C=O) groups excluding carboxylic acids is 1. The van der Waals surface area contributed by atoms with Gasteiger partial charge in [-0.15, -0.1) is 0 Å². The van der Waals surface area contributed by atoms with Crippen LogP contribution in [0.5, 0.6) is 0 Å². The van der Waals surface area contributed by atoms with E-state index >= 15 is 0 Å². The molecule has 6 nitrogen and oxygen atoms in total. The van der Waals surface area contributed by atoms with Gasteiger partial charge in [0.05, 0.1) is 13.2 Å². The Kier molecular flexibility index (Phi) is 4.52. The zero-order chi connectivity index (χ0) is 16.2. The smallest absolute Gasteiger partial charge is 0.274 e. The van der Waals surface area contributed by atoms with Crippen molar-refractivity contribution in [1.82, 2.24) is 9.97 Å². The Hall–Kier alpha value is -2.47. The summed E-state index contributed by atoms with van der Waals surface area (Å²) >= 11 is 0. The first-order valence-electron chi connectivity index (χ1n) is 7.67. The van der Waals surface area contributed by atoms with Gasteiger partial charge in [-0.05, 0) is 25.0 Å². The number of benzene rings is 1. The third-order valence-electron chi connectivity index (χ3n) is 3.94. The van der Waals surface area contributed by atoms with Crippen LogP contribution >= 0.6 is 0 Å². The lowest BCUT2D eigenvalue weighted by Gasteiger charge is -2.27. The van der Waals surface area contributed by atoms with Crippen LogP contribution in [0.15, 0.2) is 30.6 Å². The summed E-state index contributed by atoms with van der Waals surface area (Å²) in [5, 5.41) is 2.95. The van der Waals surface area contributed by atoms with Crippen LogP contribution in [0, 0.1) is 13.8 Å². The second kappa shape index (κ2) is 6.75. The predicted octanol–water partition coefficient (Wildman–Crippen LogP) is 2.18. The molecule has 0 unspecified atom stereocenters. The molecular weight excluding hydrogens is 292 g/mol. The van der Waals surface area contributed by atoms with Gasteiger partial charge in [0.2, 0.25) is 0 Å². The highest BCUT2D eigenvalue weighted by Gasteiger charge is 2.16. The van der Waals surface area contributed by atoms with Crippen LogP contribution in [0.3, 0.4) is 0 Å². The van der Waals surface area contributed by atoms with Crippen molar-refractivity contribution in [3.8, 4) is 0 Å². The number of nitrogens with zero attached hydrogens (tertiary/aromatic N) is 3. The quantitative estimate of drug-likeness (QED) is 0.941. The Morgan fingerprint density at radius 2 is 1.87 bits per heavy atom. The highest BCUT2D eigenvalue weighted by molar-refractivity contribution is 6.04. The van der Waals surface area contributed by atoms with E-state index in [1.165, 1.54) is 6.33 Å². The standard InChI is InChI=1S/C17H20N4O2/c1-12-4-3-5-13(2)16(12)20-17(22)14-10-15(19-11-18-14)21-6-8-23-9-7-21/h3-5,10-11H,6-9H2,1-2H3,(H,20,22). The van der Waals surface area contributed by atoms with Gasteiger partial charge in [-0.1, -0.05) is 18.2 Å². The molecule has 1 aromatic heterocycles. The molecule has 2 heterocycles. The van der Waals surface area contributed by atoms with E-state index in [0.717, 1.165) is 35.7 Å². The second-order valence-electron chi connectivity index (χ2n) is 5.58. The molecule has 23 heavy (non-hydrogen) atoms. The molecule has 1 amide bonds. The lowest BCUT2D eigenvalue weighted by Crippen LogP contribution is -2.37. The molecule has 0 atom stereocenters. The predicted molar refractivity (Wildman–Crippen MR) is 88.9 cm³/mol. The molecule has 0 aliphatic carbocycles. The number of amides is 1. The summed E-state index contributed by atoms with van der Waals surface area (Å²) in [6.07, 6.45) is 1.43. The third-order valence-corrected chi connectivity index (χ3v) is 3.94. The Morgan fingerprint density at radius 3 is 2.57 bits per heavy atom. The fourth-order valence-electron chi connectivity index (χ4n) is 2.63. The summed E-state index contributed by atoms with van der Waals surface area (Å²) < 4.78 is 5.34. The number of rotatable bonds is 3. The number of anilines is 2. The highest BCUT2D eigenvalue weighted by Crippen LogP contribution is 2.20. The maximum absolute atomic E-state index is 12.5. The van der Waals surface area contributed by atoms with Crippen molar-refractivity contribution >= 4 is 17.4 Å². The summed E-state index contributed by atoms with van der Waals surface area (Å²) in [7, 11) is 0. The van der Waals surface area contributed by atoms with Crippen molar-refractivity contribution in [2.45, 2.75) is 13.8 Å². The molecule has 1 aliphatic rings. The van der Waals surface area contributed by atoms with Crippen molar-refractivity contribution in [1.29, 1.82) is 0 Å². The summed E-state index contributed by atoms with van der Waals surface area (Å²) in [5.74, 6) is 0.536. The molecule has 1 aromatic carbocycles. The van der Waals surface area contributed by atoms with Gasteiger partial charge in [0.1, 0.15) is 17.8 Å². The molecule has 0 saturated carbocycles. The number of carbonyl (C=O) groups is 1. The van der Waals surface area contributed by atoms with E-state index in [2.05, 4.69) is 20.2 Å². The summed E-state index contributed by atoms with van der Waals surface area (Å²) in [6, 6.07) is 7.65. The molecule has 0 spiro atoms. The van der Waals surface area contributed by atoms with Gasteiger partial charge in [0.25, 0.3) is 5.91 Å². The molecule has 6 heteroatoms. The van der Waals surface area contributed by atoms with Crippen molar-refractivity contribution in [2.24, 2.45) is 0 Å². The maximum Gasteiger partial charge on any atom is 0.274 e. The SMILES string of the molecule is Cc1cccc(C)c1NC(=O)c1cc(N2CCOCC2)ncn1. The fraction of sp³-hybridized carbons (Fsp3) is 0.353. The molecule has 0 bridgehead atoms. The van der Waals surface area contributed by atoms with Crippen molar-refractivity contribution < 1.29 is 9.53 Å². The molecular formula is C17H20N4O2. The Bertz CT molecular complexity index is 691. The number of morpholine rings is 1. The zero-order valence-corrected chi connectivity index (χ0v) is 13.4. The van der Waals surface area contributed by atoms with Crippen LogP contribution in [-0.4, -0.2) is 42.2 Å². The highest BCUT2D eigenvalue weighted by atomic mass is 16.5. The fourth-order valence-corrected chi connectivity index (χ4v) is 2.63. The average molecular weight is 312 g/mol. The van der Waals surface area contributed by atoms with Crippen LogP contribution in [0.25, 0.3) is 0 Å². The Labute approximate surface area is 135 Å². The third kappa shape index (κ3) is 3.48. The van der Waals surface area contributed by atoms with Crippen LogP contribution < -0.4 is 10.2 Å². The lowest BCUT2D eigenvalue weighted by atomic mass is 10.1. The Balaban J connectivity index is 1.80. The number of nitrogens with one attached hydrogen (secondary N) is 1. The molecule has 2 aromatic rings. The second-order valence-corrected chi connectivity index (χ2v) is 5.58. The number of para-hydroxylation sites is 1. The van der Waals surface area contributed by atoms with Crippen molar-refractivity contribution in [3.05, 3.63) is 47.4 Å². The van der Waals surface area contributed by atoms with Gasteiger partial charge in [0, 0.05) is 24.8 Å². The zero-order valence-electron chi connectivity index (χ0n) is 13.4. The normalized spacial score (nSPS) is 14.6. The van der Waals surface area contributed by atoms with E-state index in [1.54, 1.807) is 6.07 Å².